The van der Waals surface area contributed by atoms with Crippen molar-refractivity contribution in [2.75, 3.05) is 0 Å². The quantitative estimate of drug-likeness (QED) is 0.763. The molecule has 3 aromatic rings. The van der Waals surface area contributed by atoms with Crippen LogP contribution in [0.25, 0.3) is 22.5 Å². The molecular weight excluding hydrogens is 276 g/mol. The van der Waals surface area contributed by atoms with Crippen molar-refractivity contribution < 1.29 is 9.90 Å². The van der Waals surface area contributed by atoms with Gasteiger partial charge in [0.15, 0.2) is 0 Å². The van der Waals surface area contributed by atoms with Gasteiger partial charge in [0.2, 0.25) is 0 Å². The number of aromatic amines is 1. The summed E-state index contributed by atoms with van der Waals surface area (Å²) in [5.74, 6) is -0.937. The summed E-state index contributed by atoms with van der Waals surface area (Å²) in [4.78, 5) is 11.0. The van der Waals surface area contributed by atoms with E-state index >= 15 is 0 Å². The number of nitrogens with one attached hydrogen (secondary N) is 1. The average Bonchev–Trinajstić information content (AvgIpc) is 3.05. The average molecular weight is 292 g/mol. The molecule has 4 heteroatoms. The first-order chi connectivity index (χ1) is 10.7. The molecule has 0 aliphatic rings. The maximum Gasteiger partial charge on any atom is 0.335 e. The highest BCUT2D eigenvalue weighted by Crippen LogP contribution is 2.24. The van der Waals surface area contributed by atoms with Crippen LogP contribution in [0, 0.1) is 0 Å². The van der Waals surface area contributed by atoms with E-state index in [1.165, 1.54) is 5.56 Å². The molecule has 0 fully saturated rings. The Hall–Kier alpha value is -2.88. The number of aromatic carboxylic acids is 1. The zero-order valence-electron chi connectivity index (χ0n) is 12.2. The van der Waals surface area contributed by atoms with Crippen molar-refractivity contribution in [3.8, 4) is 22.5 Å². The molecule has 110 valence electrons. The van der Waals surface area contributed by atoms with Crippen molar-refractivity contribution in [2.24, 2.45) is 0 Å². The van der Waals surface area contributed by atoms with Crippen molar-refractivity contribution in [1.82, 2.24) is 10.2 Å². The minimum atomic E-state index is -0.937. The first-order valence-corrected chi connectivity index (χ1v) is 7.16. The monoisotopic (exact) mass is 292 g/mol. The molecule has 0 saturated heterocycles. The Balaban J connectivity index is 1.93. The highest BCUT2D eigenvalue weighted by molar-refractivity contribution is 5.89. The summed E-state index contributed by atoms with van der Waals surface area (Å²) < 4.78 is 0. The summed E-state index contributed by atoms with van der Waals surface area (Å²) >= 11 is 0. The first-order valence-electron chi connectivity index (χ1n) is 7.16. The molecule has 0 aliphatic heterocycles. The fourth-order valence-corrected chi connectivity index (χ4v) is 2.35. The van der Waals surface area contributed by atoms with Gasteiger partial charge < -0.3 is 5.11 Å². The predicted molar refractivity (Wildman–Crippen MR) is 85.8 cm³/mol. The Bertz CT molecular complexity index is 804. The topological polar surface area (TPSA) is 66.0 Å². The molecule has 0 unspecified atom stereocenters. The van der Waals surface area contributed by atoms with E-state index in [9.17, 15) is 4.79 Å². The van der Waals surface area contributed by atoms with Gasteiger partial charge in [0.25, 0.3) is 0 Å². The zero-order valence-corrected chi connectivity index (χ0v) is 12.2. The lowest BCUT2D eigenvalue weighted by Crippen LogP contribution is -1.95. The van der Waals surface area contributed by atoms with Crippen LogP contribution in [0.5, 0.6) is 0 Å². The van der Waals surface area contributed by atoms with Gasteiger partial charge in [0.1, 0.15) is 0 Å². The van der Waals surface area contributed by atoms with E-state index in [-0.39, 0.29) is 5.56 Å². The molecule has 0 saturated carbocycles. The molecule has 1 aromatic heterocycles. The number of hydrogen-bond acceptors (Lipinski definition) is 2. The maximum atomic E-state index is 11.0. The number of hydrogen-bond donors (Lipinski definition) is 2. The van der Waals surface area contributed by atoms with Crippen LogP contribution in [0.15, 0.2) is 54.6 Å². The Morgan fingerprint density at radius 1 is 1.09 bits per heavy atom. The van der Waals surface area contributed by atoms with Crippen LogP contribution >= 0.6 is 0 Å². The highest BCUT2D eigenvalue weighted by atomic mass is 16.4. The molecule has 0 radical (unpaired) electrons. The second-order valence-corrected chi connectivity index (χ2v) is 5.10. The Labute approximate surface area is 128 Å². The van der Waals surface area contributed by atoms with E-state index < -0.39 is 5.97 Å². The summed E-state index contributed by atoms with van der Waals surface area (Å²) in [6.07, 6.45) is 1.01. The molecule has 0 atom stereocenters. The van der Waals surface area contributed by atoms with Crippen molar-refractivity contribution in [2.45, 2.75) is 13.3 Å². The Kier molecular flexibility index (Phi) is 3.74. The van der Waals surface area contributed by atoms with Crippen molar-refractivity contribution in [3.63, 3.8) is 0 Å². The molecule has 3 rings (SSSR count). The Morgan fingerprint density at radius 3 is 2.55 bits per heavy atom. The van der Waals surface area contributed by atoms with E-state index in [4.69, 9.17) is 5.11 Å². The standard InChI is InChI=1S/C18H16N2O2/c1-2-12-6-8-13(9-7-12)16-11-17(20-19-16)14-4-3-5-15(10-14)18(21)22/h3-11H,2H2,1H3,(H,19,20)(H,21,22). The summed E-state index contributed by atoms with van der Waals surface area (Å²) in [7, 11) is 0. The summed E-state index contributed by atoms with van der Waals surface area (Å²) in [5, 5.41) is 16.4. The van der Waals surface area contributed by atoms with Gasteiger partial charge in [-0.25, -0.2) is 4.79 Å². The number of carbonyl (C=O) groups is 1. The highest BCUT2D eigenvalue weighted by Gasteiger charge is 2.09. The predicted octanol–water partition coefficient (Wildman–Crippen LogP) is 4.00. The van der Waals surface area contributed by atoms with E-state index in [0.717, 1.165) is 28.9 Å². The minimum Gasteiger partial charge on any atom is -0.478 e. The van der Waals surface area contributed by atoms with Crippen LogP contribution in [0.1, 0.15) is 22.8 Å². The van der Waals surface area contributed by atoms with Crippen LogP contribution in [0.4, 0.5) is 0 Å². The number of H-pyrrole nitrogens is 1. The molecule has 0 bridgehead atoms. The minimum absolute atomic E-state index is 0.259. The van der Waals surface area contributed by atoms with Crippen LogP contribution in [0.2, 0.25) is 0 Å². The second-order valence-electron chi connectivity index (χ2n) is 5.10. The molecule has 2 aromatic carbocycles. The van der Waals surface area contributed by atoms with Gasteiger partial charge in [-0.15, -0.1) is 0 Å². The fraction of sp³-hybridized carbons (Fsp3) is 0.111. The largest absolute Gasteiger partial charge is 0.478 e. The van der Waals surface area contributed by atoms with Crippen LogP contribution in [-0.2, 0) is 6.42 Å². The van der Waals surface area contributed by atoms with Gasteiger partial charge in [-0.2, -0.15) is 5.10 Å². The van der Waals surface area contributed by atoms with E-state index in [2.05, 4.69) is 41.4 Å². The lowest BCUT2D eigenvalue weighted by atomic mass is 10.1. The third-order valence-electron chi connectivity index (χ3n) is 3.66. The molecule has 2 N–H and O–H groups in total. The number of carboxylic acids is 1. The normalized spacial score (nSPS) is 10.6. The molecule has 4 nitrogen and oxygen atoms in total. The lowest BCUT2D eigenvalue weighted by Gasteiger charge is -1.99. The van der Waals surface area contributed by atoms with Crippen LogP contribution in [-0.4, -0.2) is 21.3 Å². The first kappa shape index (κ1) is 14.1. The Morgan fingerprint density at radius 2 is 1.86 bits per heavy atom. The number of aryl methyl sites for hydroxylation is 1. The van der Waals surface area contributed by atoms with Gasteiger partial charge in [0.05, 0.1) is 17.0 Å². The zero-order chi connectivity index (χ0) is 15.5. The third-order valence-corrected chi connectivity index (χ3v) is 3.66. The number of benzene rings is 2. The van der Waals surface area contributed by atoms with Gasteiger partial charge >= 0.3 is 5.97 Å². The molecule has 0 amide bonds. The number of nitrogens with zero attached hydrogens (tertiary/aromatic N) is 1. The molecule has 0 spiro atoms. The van der Waals surface area contributed by atoms with Crippen molar-refractivity contribution in [3.05, 3.63) is 65.7 Å². The van der Waals surface area contributed by atoms with Crippen LogP contribution in [0.3, 0.4) is 0 Å². The van der Waals surface area contributed by atoms with E-state index in [1.807, 2.05) is 12.1 Å². The lowest BCUT2D eigenvalue weighted by molar-refractivity contribution is 0.0697. The van der Waals surface area contributed by atoms with Crippen molar-refractivity contribution in [1.29, 1.82) is 0 Å². The summed E-state index contributed by atoms with van der Waals surface area (Å²) in [6, 6.07) is 17.0. The number of rotatable bonds is 4. The summed E-state index contributed by atoms with van der Waals surface area (Å²) in [5.41, 5.74) is 5.04. The summed E-state index contributed by atoms with van der Waals surface area (Å²) in [6.45, 7) is 2.12. The van der Waals surface area contributed by atoms with Crippen LogP contribution < -0.4 is 0 Å². The molecule has 22 heavy (non-hydrogen) atoms. The smallest absolute Gasteiger partial charge is 0.335 e. The molecule has 0 aliphatic carbocycles. The maximum absolute atomic E-state index is 11.0. The van der Waals surface area contributed by atoms with Crippen molar-refractivity contribution >= 4 is 5.97 Å². The SMILES string of the molecule is CCc1ccc(-c2cc(-c3cccc(C(=O)O)c3)n[nH]2)cc1. The molecule has 1 heterocycles. The van der Waals surface area contributed by atoms with E-state index in [1.54, 1.807) is 18.2 Å². The van der Waals surface area contributed by atoms with Gasteiger partial charge in [0, 0.05) is 5.56 Å². The number of carboxylic acid groups (broad SMARTS) is 1. The molecular formula is C18H16N2O2. The van der Waals surface area contributed by atoms with Gasteiger partial charge in [-0.1, -0.05) is 43.3 Å². The van der Waals surface area contributed by atoms with Gasteiger partial charge in [-0.05, 0) is 35.7 Å². The number of aromatic nitrogens is 2. The fourth-order valence-electron chi connectivity index (χ4n) is 2.35. The third kappa shape index (κ3) is 2.76. The second kappa shape index (κ2) is 5.85. The van der Waals surface area contributed by atoms with E-state index in [0.29, 0.717) is 0 Å². The van der Waals surface area contributed by atoms with Gasteiger partial charge in [-0.3, -0.25) is 5.10 Å².